The molecule has 6 nitrogen and oxygen atoms in total. The fraction of sp³-hybridized carbons (Fsp3) is 0.681. The molecule has 0 aliphatic rings. The maximum atomic E-state index is 12.9. The molecule has 0 N–H and O–H groups in total. The first-order valence-electron chi connectivity index (χ1n) is 32.5. The van der Waals surface area contributed by atoms with Crippen molar-refractivity contribution in [2.24, 2.45) is 0 Å². The number of rotatable bonds is 58. The minimum atomic E-state index is -0.787. The van der Waals surface area contributed by atoms with Crippen molar-refractivity contribution in [3.05, 3.63) is 122 Å². The molecule has 6 heteroatoms. The third-order valence-electron chi connectivity index (χ3n) is 13.7. The molecule has 1 atom stereocenters. The van der Waals surface area contributed by atoms with Crippen LogP contribution in [0.3, 0.4) is 0 Å². The van der Waals surface area contributed by atoms with Crippen molar-refractivity contribution in [2.45, 2.75) is 303 Å². The molecule has 0 radical (unpaired) electrons. The molecule has 78 heavy (non-hydrogen) atoms. The van der Waals surface area contributed by atoms with E-state index in [0.29, 0.717) is 19.3 Å². The maximum absolute atomic E-state index is 12.9. The highest BCUT2D eigenvalue weighted by Gasteiger charge is 2.19. The van der Waals surface area contributed by atoms with Gasteiger partial charge in [0.25, 0.3) is 0 Å². The zero-order valence-electron chi connectivity index (χ0n) is 50.9. The molecule has 0 aliphatic heterocycles. The smallest absolute Gasteiger partial charge is 0.306 e. The summed E-state index contributed by atoms with van der Waals surface area (Å²) in [5.41, 5.74) is 0. The van der Waals surface area contributed by atoms with Crippen molar-refractivity contribution in [3.63, 3.8) is 0 Å². The van der Waals surface area contributed by atoms with Gasteiger partial charge >= 0.3 is 17.9 Å². The molecule has 0 spiro atoms. The molecule has 0 bridgehead atoms. The summed E-state index contributed by atoms with van der Waals surface area (Å²) < 4.78 is 16.9. The predicted molar refractivity (Wildman–Crippen MR) is 339 cm³/mol. The summed E-state index contributed by atoms with van der Waals surface area (Å²) >= 11 is 0. The molecule has 0 saturated carbocycles. The molecule has 0 amide bonds. The van der Waals surface area contributed by atoms with Gasteiger partial charge in [-0.2, -0.15) is 0 Å². The van der Waals surface area contributed by atoms with Gasteiger partial charge in [-0.25, -0.2) is 0 Å². The van der Waals surface area contributed by atoms with Gasteiger partial charge in [-0.15, -0.1) is 0 Å². The molecule has 444 valence electrons. The lowest BCUT2D eigenvalue weighted by Crippen LogP contribution is -2.30. The van der Waals surface area contributed by atoms with E-state index in [2.05, 4.69) is 142 Å². The summed E-state index contributed by atoms with van der Waals surface area (Å²) in [4.78, 5) is 38.2. The molecular weight excluding hydrogens is 961 g/mol. The van der Waals surface area contributed by atoms with Crippen LogP contribution in [0.15, 0.2) is 122 Å². The summed E-state index contributed by atoms with van der Waals surface area (Å²) in [5, 5.41) is 0. The van der Waals surface area contributed by atoms with E-state index in [4.69, 9.17) is 14.2 Å². The second kappa shape index (κ2) is 65.3. The van der Waals surface area contributed by atoms with Gasteiger partial charge < -0.3 is 14.2 Å². The summed E-state index contributed by atoms with van der Waals surface area (Å²) in [6, 6.07) is 0. The highest BCUT2D eigenvalue weighted by Crippen LogP contribution is 2.16. The van der Waals surface area contributed by atoms with Crippen molar-refractivity contribution in [3.8, 4) is 0 Å². The van der Waals surface area contributed by atoms with Crippen LogP contribution in [-0.4, -0.2) is 37.2 Å². The fourth-order valence-corrected chi connectivity index (χ4v) is 8.88. The lowest BCUT2D eigenvalue weighted by atomic mass is 10.0. The second-order valence-electron chi connectivity index (χ2n) is 21.3. The van der Waals surface area contributed by atoms with Gasteiger partial charge in [0.15, 0.2) is 6.10 Å². The van der Waals surface area contributed by atoms with Crippen molar-refractivity contribution in [1.82, 2.24) is 0 Å². The lowest BCUT2D eigenvalue weighted by Gasteiger charge is -2.18. The van der Waals surface area contributed by atoms with Gasteiger partial charge in [0.2, 0.25) is 0 Å². The van der Waals surface area contributed by atoms with E-state index in [1.807, 2.05) is 0 Å². The second-order valence-corrected chi connectivity index (χ2v) is 21.3. The normalized spacial score (nSPS) is 12.9. The Bertz CT molecular complexity index is 1620. The average molecular weight is 1080 g/mol. The third kappa shape index (κ3) is 62.7. The summed E-state index contributed by atoms with van der Waals surface area (Å²) in [5.74, 6) is -0.903. The first-order valence-corrected chi connectivity index (χ1v) is 32.5. The number of hydrogen-bond acceptors (Lipinski definition) is 6. The summed E-state index contributed by atoms with van der Waals surface area (Å²) in [7, 11) is 0. The highest BCUT2D eigenvalue weighted by atomic mass is 16.6. The zero-order valence-corrected chi connectivity index (χ0v) is 50.9. The molecule has 0 aromatic rings. The van der Waals surface area contributed by atoms with Crippen LogP contribution >= 0.6 is 0 Å². The van der Waals surface area contributed by atoms with E-state index in [0.717, 1.165) is 135 Å². The van der Waals surface area contributed by atoms with E-state index in [1.165, 1.54) is 122 Å². The van der Waals surface area contributed by atoms with E-state index in [9.17, 15) is 14.4 Å². The Morgan fingerprint density at radius 1 is 0.269 bits per heavy atom. The number of ether oxygens (including phenoxy) is 3. The first-order chi connectivity index (χ1) is 38.5. The average Bonchev–Trinajstić information content (AvgIpc) is 3.44. The van der Waals surface area contributed by atoms with E-state index >= 15 is 0 Å². The van der Waals surface area contributed by atoms with Crippen LogP contribution < -0.4 is 0 Å². The van der Waals surface area contributed by atoms with Crippen LogP contribution in [0.25, 0.3) is 0 Å². The molecule has 0 saturated heterocycles. The van der Waals surface area contributed by atoms with E-state index < -0.39 is 6.10 Å². The van der Waals surface area contributed by atoms with Crippen LogP contribution in [-0.2, 0) is 28.6 Å². The standard InChI is InChI=1S/C72H120O6/c1-4-7-10-13-16-19-22-24-26-27-28-29-30-31-32-33-34-35-36-37-38-39-40-41-42-43-44-45-46-48-50-53-56-59-62-65-71(74)77-68-69(67-76-70(73)64-61-58-55-52-49-21-18-15-12-9-6-3)78-72(75)66-63-60-57-54-51-47-25-23-20-17-14-11-8-5-2/h7,10,16,19,24,26,28-29,31-32,34-35,37-38,40-41,43-44,46,48,69H,4-6,8-9,11-15,17-18,20-23,25,27,30,33,36,39,42,45,47,49-68H2,1-3H3/b10-7-,19-16-,26-24-,29-28-,32-31-,35-34-,38-37-,41-40-,44-43-,48-46-. The van der Waals surface area contributed by atoms with Gasteiger partial charge in [0.05, 0.1) is 0 Å². The molecule has 0 rings (SSSR count). The molecule has 0 aromatic heterocycles. The fourth-order valence-electron chi connectivity index (χ4n) is 8.88. The Kier molecular flexibility index (Phi) is 61.8. The molecule has 0 aliphatic carbocycles. The Morgan fingerprint density at radius 3 is 0.782 bits per heavy atom. The lowest BCUT2D eigenvalue weighted by molar-refractivity contribution is -0.167. The molecule has 0 fully saturated rings. The van der Waals surface area contributed by atoms with Crippen molar-refractivity contribution in [1.29, 1.82) is 0 Å². The maximum Gasteiger partial charge on any atom is 0.306 e. The van der Waals surface area contributed by atoms with Gasteiger partial charge in [-0.1, -0.05) is 303 Å². The monoisotopic (exact) mass is 1080 g/mol. The highest BCUT2D eigenvalue weighted by molar-refractivity contribution is 5.71. The number of hydrogen-bond donors (Lipinski definition) is 0. The number of carbonyl (C=O) groups excluding carboxylic acids is 3. The van der Waals surface area contributed by atoms with Crippen LogP contribution in [0.5, 0.6) is 0 Å². The third-order valence-corrected chi connectivity index (χ3v) is 13.7. The van der Waals surface area contributed by atoms with Crippen molar-refractivity contribution >= 4 is 17.9 Å². The van der Waals surface area contributed by atoms with Gasteiger partial charge in [0.1, 0.15) is 13.2 Å². The minimum absolute atomic E-state index is 0.0832. The quantitative estimate of drug-likeness (QED) is 0.0261. The Labute approximate surface area is 482 Å². The van der Waals surface area contributed by atoms with Gasteiger partial charge in [-0.3, -0.25) is 14.4 Å². The first kappa shape index (κ1) is 73.8. The van der Waals surface area contributed by atoms with Crippen LogP contribution in [0.4, 0.5) is 0 Å². The topological polar surface area (TPSA) is 78.9 Å². The van der Waals surface area contributed by atoms with Gasteiger partial charge in [-0.05, 0) is 96.3 Å². The van der Waals surface area contributed by atoms with Crippen molar-refractivity contribution < 1.29 is 28.6 Å². The Hall–Kier alpha value is -4.19. The van der Waals surface area contributed by atoms with E-state index in [-0.39, 0.29) is 31.1 Å². The molecule has 0 aromatic carbocycles. The molecular formula is C72H120O6. The van der Waals surface area contributed by atoms with Crippen LogP contribution in [0.1, 0.15) is 297 Å². The van der Waals surface area contributed by atoms with Gasteiger partial charge in [0, 0.05) is 19.3 Å². The number of unbranched alkanes of at least 4 members (excludes halogenated alkanes) is 27. The summed E-state index contributed by atoms with van der Waals surface area (Å²) in [6.45, 7) is 6.51. The largest absolute Gasteiger partial charge is 0.462 e. The molecule has 0 heterocycles. The Morgan fingerprint density at radius 2 is 0.500 bits per heavy atom. The minimum Gasteiger partial charge on any atom is -0.462 e. The number of carbonyl (C=O) groups is 3. The molecule has 1 unspecified atom stereocenters. The van der Waals surface area contributed by atoms with Crippen LogP contribution in [0.2, 0.25) is 0 Å². The summed E-state index contributed by atoms with van der Waals surface area (Å²) in [6.07, 6.45) is 90.7. The Balaban J connectivity index is 4.26. The zero-order chi connectivity index (χ0) is 56.4. The SMILES string of the molecule is CC/C=C\C/C=C\C/C=C\C/C=C\C/C=C\C/C=C\C/C=C\C/C=C\C/C=C\C/C=C\CCCCCCC(=O)OCC(COC(=O)CCCCCCCCCCCCC)OC(=O)CCCCCCCCCCCCCCCC. The number of allylic oxidation sites excluding steroid dienone is 20. The predicted octanol–water partition coefficient (Wildman–Crippen LogP) is 22.4. The van der Waals surface area contributed by atoms with Crippen LogP contribution in [0, 0.1) is 0 Å². The van der Waals surface area contributed by atoms with E-state index in [1.54, 1.807) is 0 Å². The van der Waals surface area contributed by atoms with Crippen molar-refractivity contribution in [2.75, 3.05) is 13.2 Å². The number of esters is 3.